The van der Waals surface area contributed by atoms with Gasteiger partial charge in [-0.1, -0.05) is 43.8 Å². The second-order valence-electron chi connectivity index (χ2n) is 8.58. The third-order valence-electron chi connectivity index (χ3n) is 5.77. The summed E-state index contributed by atoms with van der Waals surface area (Å²) in [6.07, 6.45) is 0.896. The first-order chi connectivity index (χ1) is 15.5. The Morgan fingerprint density at radius 1 is 1.12 bits per heavy atom. The van der Waals surface area contributed by atoms with E-state index in [4.69, 9.17) is 4.98 Å². The number of thioether (sulfide) groups is 1. The van der Waals surface area contributed by atoms with Crippen molar-refractivity contribution in [3.8, 4) is 0 Å². The molecule has 3 heterocycles. The number of benzene rings is 1. The number of nitrogens with zero attached hydrogens (tertiary/aromatic N) is 4. The number of rotatable bonds is 8. The smallest absolute Gasteiger partial charge is 0.262 e. The number of fused-ring (bicyclic) bond motifs is 1. The molecular weight excluding hydrogens is 440 g/mol. The van der Waals surface area contributed by atoms with Crippen LogP contribution in [0.5, 0.6) is 0 Å². The van der Waals surface area contributed by atoms with Gasteiger partial charge in [-0.2, -0.15) is 0 Å². The van der Waals surface area contributed by atoms with Crippen molar-refractivity contribution in [2.75, 3.05) is 31.9 Å². The zero-order valence-corrected chi connectivity index (χ0v) is 20.3. The van der Waals surface area contributed by atoms with Crippen molar-refractivity contribution < 1.29 is 4.79 Å². The first kappa shape index (κ1) is 23.0. The zero-order valence-electron chi connectivity index (χ0n) is 18.7. The molecule has 32 heavy (non-hydrogen) atoms. The SMILES string of the molecule is CC(C)CCn1c(SCC(=O)N2CCN(Cc3cccs3)CC2)nc2ccccc2c1=O. The Kier molecular flexibility index (Phi) is 7.65. The largest absolute Gasteiger partial charge is 0.339 e. The monoisotopic (exact) mass is 470 g/mol. The standard InChI is InChI=1S/C24H30N4O2S2/c1-18(2)9-10-28-23(30)20-7-3-4-8-21(20)25-24(28)32-17-22(29)27-13-11-26(12-14-27)16-19-6-5-15-31-19/h3-8,15,18H,9-14,16-17H2,1-2H3. The van der Waals surface area contributed by atoms with E-state index in [1.54, 1.807) is 15.9 Å². The fourth-order valence-electron chi connectivity index (χ4n) is 3.84. The third kappa shape index (κ3) is 5.60. The van der Waals surface area contributed by atoms with Gasteiger partial charge in [-0.05, 0) is 35.9 Å². The number of hydrogen-bond acceptors (Lipinski definition) is 6. The lowest BCUT2D eigenvalue weighted by atomic mass is 10.1. The number of hydrogen-bond donors (Lipinski definition) is 0. The van der Waals surface area contributed by atoms with Gasteiger partial charge in [0.15, 0.2) is 5.16 Å². The average Bonchev–Trinajstić information content (AvgIpc) is 3.30. The van der Waals surface area contributed by atoms with Gasteiger partial charge in [0.2, 0.25) is 5.91 Å². The summed E-state index contributed by atoms with van der Waals surface area (Å²) in [4.78, 5) is 36.4. The molecule has 1 fully saturated rings. The van der Waals surface area contributed by atoms with E-state index in [1.807, 2.05) is 29.2 Å². The number of carbonyl (C=O) groups excluding carboxylic acids is 1. The quantitative estimate of drug-likeness (QED) is 0.369. The number of thiophene rings is 1. The summed E-state index contributed by atoms with van der Waals surface area (Å²) in [7, 11) is 0. The molecule has 170 valence electrons. The summed E-state index contributed by atoms with van der Waals surface area (Å²) in [5.74, 6) is 0.902. The number of para-hydroxylation sites is 1. The maximum atomic E-state index is 13.1. The van der Waals surface area contributed by atoms with Gasteiger partial charge in [-0.25, -0.2) is 4.98 Å². The van der Waals surface area contributed by atoms with Crippen molar-refractivity contribution in [1.29, 1.82) is 0 Å². The maximum absolute atomic E-state index is 13.1. The number of amides is 1. The lowest BCUT2D eigenvalue weighted by Crippen LogP contribution is -2.48. The minimum Gasteiger partial charge on any atom is -0.339 e. The number of piperazine rings is 1. The molecule has 4 rings (SSSR count). The van der Waals surface area contributed by atoms with E-state index in [2.05, 4.69) is 36.3 Å². The van der Waals surface area contributed by atoms with E-state index in [-0.39, 0.29) is 11.5 Å². The van der Waals surface area contributed by atoms with Crippen LogP contribution in [0, 0.1) is 5.92 Å². The minimum atomic E-state index is -0.0200. The number of aromatic nitrogens is 2. The molecule has 8 heteroatoms. The van der Waals surface area contributed by atoms with Crippen LogP contribution in [0.3, 0.4) is 0 Å². The molecule has 0 unspecified atom stereocenters. The Balaban J connectivity index is 1.40. The molecular formula is C24H30N4O2S2. The highest BCUT2D eigenvalue weighted by Gasteiger charge is 2.22. The first-order valence-electron chi connectivity index (χ1n) is 11.2. The molecule has 0 aliphatic carbocycles. The Labute approximate surface area is 197 Å². The topological polar surface area (TPSA) is 58.4 Å². The molecule has 0 bridgehead atoms. The van der Waals surface area contributed by atoms with Crippen LogP contribution in [0.25, 0.3) is 10.9 Å². The van der Waals surface area contributed by atoms with Gasteiger partial charge in [0.25, 0.3) is 5.56 Å². The molecule has 0 saturated carbocycles. The van der Waals surface area contributed by atoms with Crippen LogP contribution in [-0.2, 0) is 17.9 Å². The fourth-order valence-corrected chi connectivity index (χ4v) is 5.51. The van der Waals surface area contributed by atoms with Crippen LogP contribution >= 0.6 is 23.1 Å². The van der Waals surface area contributed by atoms with E-state index in [0.717, 1.165) is 39.1 Å². The molecule has 0 spiro atoms. The Bertz CT molecular complexity index is 1100. The molecule has 0 radical (unpaired) electrons. The van der Waals surface area contributed by atoms with Gasteiger partial charge in [0.05, 0.1) is 16.7 Å². The van der Waals surface area contributed by atoms with Crippen molar-refractivity contribution in [2.24, 2.45) is 5.92 Å². The van der Waals surface area contributed by atoms with Gasteiger partial charge in [0.1, 0.15) is 0 Å². The van der Waals surface area contributed by atoms with Crippen molar-refractivity contribution in [2.45, 2.75) is 38.5 Å². The van der Waals surface area contributed by atoms with Gasteiger partial charge < -0.3 is 4.90 Å². The van der Waals surface area contributed by atoms with E-state index in [9.17, 15) is 9.59 Å². The van der Waals surface area contributed by atoms with Crippen LogP contribution < -0.4 is 5.56 Å². The molecule has 1 saturated heterocycles. The molecule has 6 nitrogen and oxygen atoms in total. The third-order valence-corrected chi connectivity index (χ3v) is 7.59. The zero-order chi connectivity index (χ0) is 22.5. The van der Waals surface area contributed by atoms with Gasteiger partial charge in [-0.3, -0.25) is 19.1 Å². The Morgan fingerprint density at radius 3 is 2.62 bits per heavy atom. The molecule has 1 amide bonds. The molecule has 0 atom stereocenters. The summed E-state index contributed by atoms with van der Waals surface area (Å²) in [5.41, 5.74) is 0.670. The van der Waals surface area contributed by atoms with Crippen molar-refractivity contribution in [1.82, 2.24) is 19.4 Å². The predicted molar refractivity (Wildman–Crippen MR) is 132 cm³/mol. The van der Waals surface area contributed by atoms with E-state index >= 15 is 0 Å². The van der Waals surface area contributed by atoms with Crippen LogP contribution in [-0.4, -0.2) is 57.2 Å². The van der Waals surface area contributed by atoms with E-state index in [1.165, 1.54) is 16.6 Å². The van der Waals surface area contributed by atoms with Crippen molar-refractivity contribution in [3.05, 3.63) is 57.0 Å². The normalized spacial score (nSPS) is 15.0. The molecule has 1 aromatic carbocycles. The maximum Gasteiger partial charge on any atom is 0.262 e. The molecule has 1 aliphatic heterocycles. The second-order valence-corrected chi connectivity index (χ2v) is 10.6. The summed E-state index contributed by atoms with van der Waals surface area (Å²) in [6, 6.07) is 11.7. The van der Waals surface area contributed by atoms with Crippen LogP contribution in [0.2, 0.25) is 0 Å². The van der Waals surface area contributed by atoms with Crippen LogP contribution in [0.4, 0.5) is 0 Å². The van der Waals surface area contributed by atoms with Crippen molar-refractivity contribution in [3.63, 3.8) is 0 Å². The molecule has 0 N–H and O–H groups in total. The molecule has 1 aliphatic rings. The summed E-state index contributed by atoms with van der Waals surface area (Å²) >= 11 is 3.16. The van der Waals surface area contributed by atoms with E-state index in [0.29, 0.717) is 34.3 Å². The highest BCUT2D eigenvalue weighted by atomic mass is 32.2. The number of carbonyl (C=O) groups is 1. The fraction of sp³-hybridized carbons (Fsp3) is 0.458. The van der Waals surface area contributed by atoms with Gasteiger partial charge in [0, 0.05) is 44.1 Å². The lowest BCUT2D eigenvalue weighted by molar-refractivity contribution is -0.130. The highest BCUT2D eigenvalue weighted by Crippen LogP contribution is 2.20. The molecule has 2 aromatic heterocycles. The molecule has 3 aromatic rings. The Morgan fingerprint density at radius 2 is 1.91 bits per heavy atom. The van der Waals surface area contributed by atoms with Crippen molar-refractivity contribution >= 4 is 39.9 Å². The van der Waals surface area contributed by atoms with E-state index < -0.39 is 0 Å². The Hall–Kier alpha value is -2.16. The minimum absolute atomic E-state index is 0.0200. The summed E-state index contributed by atoms with van der Waals surface area (Å²) in [5, 5.41) is 3.38. The lowest BCUT2D eigenvalue weighted by Gasteiger charge is -2.34. The van der Waals surface area contributed by atoms with Gasteiger partial charge >= 0.3 is 0 Å². The second kappa shape index (κ2) is 10.6. The summed E-state index contributed by atoms with van der Waals surface area (Å²) in [6.45, 7) is 9.14. The van der Waals surface area contributed by atoms with Crippen LogP contribution in [0.1, 0.15) is 25.1 Å². The average molecular weight is 471 g/mol. The van der Waals surface area contributed by atoms with Gasteiger partial charge in [-0.15, -0.1) is 11.3 Å². The summed E-state index contributed by atoms with van der Waals surface area (Å²) < 4.78 is 1.75. The van der Waals surface area contributed by atoms with Crippen LogP contribution in [0.15, 0.2) is 51.7 Å². The predicted octanol–water partition coefficient (Wildman–Crippen LogP) is 3.94. The first-order valence-corrected chi connectivity index (χ1v) is 13.0. The highest BCUT2D eigenvalue weighted by molar-refractivity contribution is 7.99.